The second kappa shape index (κ2) is 10.5. The predicted octanol–water partition coefficient (Wildman–Crippen LogP) is 3.30. The molecule has 0 aliphatic rings. The Balaban J connectivity index is 1.66. The van der Waals surface area contributed by atoms with Crippen LogP contribution in [0.25, 0.3) is 0 Å². The number of aromatic nitrogens is 3. The minimum absolute atomic E-state index is 0.609. The monoisotopic (exact) mass is 394 g/mol. The van der Waals surface area contributed by atoms with Gasteiger partial charge in [0.2, 0.25) is 0 Å². The second-order valence-electron chi connectivity index (χ2n) is 6.84. The maximum absolute atomic E-state index is 5.46. The van der Waals surface area contributed by atoms with E-state index in [-0.39, 0.29) is 0 Å². The molecular formula is C22H30N6O. The molecule has 0 aliphatic heterocycles. The van der Waals surface area contributed by atoms with Gasteiger partial charge in [-0.3, -0.25) is 0 Å². The topological polar surface area (TPSA) is 80.3 Å². The van der Waals surface area contributed by atoms with Crippen molar-refractivity contribution in [1.29, 1.82) is 0 Å². The summed E-state index contributed by atoms with van der Waals surface area (Å²) in [5, 5.41) is 10.9. The van der Waals surface area contributed by atoms with Crippen molar-refractivity contribution in [2.75, 3.05) is 6.54 Å². The van der Waals surface area contributed by atoms with Gasteiger partial charge in [-0.1, -0.05) is 43.3 Å². The van der Waals surface area contributed by atoms with E-state index in [0.717, 1.165) is 48.9 Å². The Morgan fingerprint density at radius 1 is 1.14 bits per heavy atom. The molecule has 0 saturated heterocycles. The van der Waals surface area contributed by atoms with Gasteiger partial charge >= 0.3 is 0 Å². The van der Waals surface area contributed by atoms with Gasteiger partial charge in [0.05, 0.1) is 18.6 Å². The van der Waals surface area contributed by atoms with Crippen LogP contribution in [0.15, 0.2) is 52.5 Å². The van der Waals surface area contributed by atoms with Crippen LogP contribution in [0.5, 0.6) is 0 Å². The molecule has 0 spiro atoms. The molecule has 2 aromatic heterocycles. The highest BCUT2D eigenvalue weighted by atomic mass is 16.5. The summed E-state index contributed by atoms with van der Waals surface area (Å²) in [6.07, 6.45) is 7.29. The molecule has 1 aromatic carbocycles. The Morgan fingerprint density at radius 2 is 2.00 bits per heavy atom. The Hall–Kier alpha value is -3.09. The smallest absolute Gasteiger partial charge is 0.191 e. The third-order valence-corrected chi connectivity index (χ3v) is 4.72. The molecule has 154 valence electrons. The third-order valence-electron chi connectivity index (χ3n) is 4.72. The van der Waals surface area contributed by atoms with E-state index < -0.39 is 0 Å². The third kappa shape index (κ3) is 5.70. The fourth-order valence-corrected chi connectivity index (χ4v) is 3.24. The van der Waals surface area contributed by atoms with Gasteiger partial charge in [-0.15, -0.1) is 0 Å². The molecule has 0 unspecified atom stereocenters. The molecule has 0 atom stereocenters. The lowest BCUT2D eigenvalue weighted by molar-refractivity contribution is 0.380. The van der Waals surface area contributed by atoms with Crippen LogP contribution in [0, 0.1) is 0 Å². The highest BCUT2D eigenvalue weighted by Gasteiger charge is 2.13. The summed E-state index contributed by atoms with van der Waals surface area (Å²) in [6, 6.07) is 8.50. The van der Waals surface area contributed by atoms with Crippen LogP contribution in [0.1, 0.15) is 48.9 Å². The molecule has 0 fully saturated rings. The van der Waals surface area contributed by atoms with Gasteiger partial charge in [-0.25, -0.2) is 9.98 Å². The Morgan fingerprint density at radius 3 is 2.72 bits per heavy atom. The molecule has 2 N–H and O–H groups in total. The molecule has 0 amide bonds. The molecule has 2 heterocycles. The summed E-state index contributed by atoms with van der Waals surface area (Å²) < 4.78 is 7.52. The van der Waals surface area contributed by atoms with Crippen molar-refractivity contribution >= 4 is 5.96 Å². The van der Waals surface area contributed by atoms with E-state index in [1.54, 1.807) is 6.20 Å². The van der Waals surface area contributed by atoms with Crippen molar-refractivity contribution in [1.82, 2.24) is 25.3 Å². The van der Waals surface area contributed by atoms with Crippen LogP contribution in [0.2, 0.25) is 0 Å². The van der Waals surface area contributed by atoms with E-state index in [2.05, 4.69) is 70.4 Å². The Bertz CT molecular complexity index is 892. The second-order valence-corrected chi connectivity index (χ2v) is 6.84. The molecule has 0 radical (unpaired) electrons. The van der Waals surface area contributed by atoms with Gasteiger partial charge < -0.3 is 19.7 Å². The number of hydrogen-bond acceptors (Lipinski definition) is 4. The molecule has 0 bridgehead atoms. The summed E-state index contributed by atoms with van der Waals surface area (Å²) >= 11 is 0. The van der Waals surface area contributed by atoms with Gasteiger partial charge in [0.25, 0.3) is 0 Å². The molecule has 3 aromatic rings. The lowest BCUT2D eigenvalue weighted by atomic mass is 10.1. The number of rotatable bonds is 9. The first-order valence-electron chi connectivity index (χ1n) is 10.3. The maximum Gasteiger partial charge on any atom is 0.191 e. The predicted molar refractivity (Wildman–Crippen MR) is 115 cm³/mol. The molecule has 7 heteroatoms. The minimum Gasteiger partial charge on any atom is -0.361 e. The summed E-state index contributed by atoms with van der Waals surface area (Å²) in [5.74, 6) is 1.73. The molecule has 7 nitrogen and oxygen atoms in total. The SMILES string of the molecule is CCNC(=NCc1cccc(Cn2ccnc2)c1)NCc1c(CC)noc1CC. The van der Waals surface area contributed by atoms with Crippen LogP contribution in [-0.4, -0.2) is 27.2 Å². The van der Waals surface area contributed by atoms with Crippen molar-refractivity contribution < 1.29 is 4.52 Å². The Labute approximate surface area is 172 Å². The summed E-state index contributed by atoms with van der Waals surface area (Å²) in [6.45, 7) is 9.12. The number of aliphatic imine (C=N–C) groups is 1. The van der Waals surface area contributed by atoms with E-state index in [0.29, 0.717) is 13.1 Å². The van der Waals surface area contributed by atoms with E-state index in [9.17, 15) is 0 Å². The average molecular weight is 395 g/mol. The zero-order valence-corrected chi connectivity index (χ0v) is 17.5. The zero-order valence-electron chi connectivity index (χ0n) is 17.5. The van der Waals surface area contributed by atoms with E-state index >= 15 is 0 Å². The molecule has 0 aliphatic carbocycles. The number of aryl methyl sites for hydroxylation is 2. The van der Waals surface area contributed by atoms with Crippen LogP contribution in [0.4, 0.5) is 0 Å². The van der Waals surface area contributed by atoms with Crippen LogP contribution in [0.3, 0.4) is 0 Å². The number of guanidine groups is 1. The summed E-state index contributed by atoms with van der Waals surface area (Å²) in [7, 11) is 0. The van der Waals surface area contributed by atoms with Crippen LogP contribution >= 0.6 is 0 Å². The van der Waals surface area contributed by atoms with E-state index in [1.165, 1.54) is 11.1 Å². The van der Waals surface area contributed by atoms with Crippen LogP contribution < -0.4 is 10.6 Å². The number of nitrogens with one attached hydrogen (secondary N) is 2. The highest BCUT2D eigenvalue weighted by molar-refractivity contribution is 5.79. The number of nitrogens with zero attached hydrogens (tertiary/aromatic N) is 4. The van der Waals surface area contributed by atoms with Gasteiger partial charge in [-0.05, 0) is 24.5 Å². The fourth-order valence-electron chi connectivity index (χ4n) is 3.24. The summed E-state index contributed by atoms with van der Waals surface area (Å²) in [4.78, 5) is 8.86. The van der Waals surface area contributed by atoms with Crippen molar-refractivity contribution in [3.63, 3.8) is 0 Å². The van der Waals surface area contributed by atoms with Gasteiger partial charge in [0.1, 0.15) is 5.76 Å². The normalized spacial score (nSPS) is 11.6. The van der Waals surface area contributed by atoms with Crippen molar-refractivity contribution in [3.05, 3.63) is 71.1 Å². The lowest BCUT2D eigenvalue weighted by Crippen LogP contribution is -2.37. The molecular weight excluding hydrogens is 364 g/mol. The van der Waals surface area contributed by atoms with Gasteiger partial charge in [-0.2, -0.15) is 0 Å². The van der Waals surface area contributed by atoms with E-state index in [4.69, 9.17) is 9.52 Å². The van der Waals surface area contributed by atoms with Crippen LogP contribution in [-0.2, 0) is 32.5 Å². The lowest BCUT2D eigenvalue weighted by Gasteiger charge is -2.12. The number of imidazole rings is 1. The van der Waals surface area contributed by atoms with Crippen molar-refractivity contribution in [3.8, 4) is 0 Å². The zero-order chi connectivity index (χ0) is 20.5. The minimum atomic E-state index is 0.609. The number of benzene rings is 1. The molecule has 3 rings (SSSR count). The molecule has 0 saturated carbocycles. The van der Waals surface area contributed by atoms with E-state index in [1.807, 2.05) is 12.5 Å². The first-order chi connectivity index (χ1) is 14.2. The summed E-state index contributed by atoms with van der Waals surface area (Å²) in [5.41, 5.74) is 4.56. The van der Waals surface area contributed by atoms with Crippen molar-refractivity contribution in [2.45, 2.75) is 53.2 Å². The molecule has 29 heavy (non-hydrogen) atoms. The van der Waals surface area contributed by atoms with Gasteiger partial charge in [0.15, 0.2) is 5.96 Å². The first kappa shape index (κ1) is 20.6. The highest BCUT2D eigenvalue weighted by Crippen LogP contribution is 2.15. The fraction of sp³-hybridized carbons (Fsp3) is 0.409. The largest absolute Gasteiger partial charge is 0.361 e. The quantitative estimate of drug-likeness (QED) is 0.430. The first-order valence-corrected chi connectivity index (χ1v) is 10.3. The average Bonchev–Trinajstić information content (AvgIpc) is 3.39. The number of hydrogen-bond donors (Lipinski definition) is 2. The maximum atomic E-state index is 5.46. The van der Waals surface area contributed by atoms with Gasteiger partial charge in [0, 0.05) is 44.0 Å². The van der Waals surface area contributed by atoms with Crippen molar-refractivity contribution in [2.24, 2.45) is 4.99 Å². The standard InChI is InChI=1S/C22H30N6O/c1-4-20-19(21(5-2)29-27-20)14-26-22(24-6-3)25-13-17-8-7-9-18(12-17)15-28-11-10-23-16-28/h7-12,16H,4-6,13-15H2,1-3H3,(H2,24,25,26). The Kier molecular flexibility index (Phi) is 7.44.